The number of pyridine rings is 1. The van der Waals surface area contributed by atoms with Crippen LogP contribution in [-0.2, 0) is 25.7 Å². The van der Waals surface area contributed by atoms with Gasteiger partial charge >= 0.3 is 6.18 Å². The Morgan fingerprint density at radius 1 is 1.11 bits per heavy atom. The molecule has 3 aromatic heterocycles. The van der Waals surface area contributed by atoms with Crippen molar-refractivity contribution >= 4 is 34.5 Å². The minimum atomic E-state index is -4.51. The number of fused-ring (bicyclic) bond motifs is 2. The number of thiophene rings is 1. The number of hydrogen-bond donors (Lipinski definition) is 1. The molecule has 5 heterocycles. The first-order chi connectivity index (χ1) is 18.3. The van der Waals surface area contributed by atoms with Crippen LogP contribution in [0.15, 0.2) is 54.2 Å². The molecular weight excluding hydrogens is 515 g/mol. The number of likely N-dealkylation sites (tertiary alicyclic amines) is 1. The van der Waals surface area contributed by atoms with Gasteiger partial charge in [0, 0.05) is 35.2 Å². The van der Waals surface area contributed by atoms with Crippen molar-refractivity contribution in [1.29, 1.82) is 0 Å². The number of imidazole rings is 1. The fraction of sp³-hybridized carbons (Fsp3) is 0.296. The zero-order valence-electron chi connectivity index (χ0n) is 20.3. The van der Waals surface area contributed by atoms with Crippen molar-refractivity contribution in [3.63, 3.8) is 0 Å². The number of carbonyl (C=O) groups excluding carboxylic acids is 2. The van der Waals surface area contributed by atoms with Crippen LogP contribution in [-0.4, -0.2) is 50.6 Å². The van der Waals surface area contributed by atoms with Crippen LogP contribution in [0.1, 0.15) is 48.8 Å². The maximum atomic E-state index is 13.5. The molecule has 2 aliphatic heterocycles. The Morgan fingerprint density at radius 3 is 2.71 bits per heavy atom. The van der Waals surface area contributed by atoms with E-state index in [0.717, 1.165) is 42.1 Å². The molecule has 0 bridgehead atoms. The summed E-state index contributed by atoms with van der Waals surface area (Å²) in [6, 6.07) is 9.26. The van der Waals surface area contributed by atoms with Crippen LogP contribution in [0.5, 0.6) is 0 Å². The molecule has 1 fully saturated rings. The summed E-state index contributed by atoms with van der Waals surface area (Å²) in [5.41, 5.74) is 2.29. The number of alkyl halides is 3. The highest BCUT2D eigenvalue weighted by molar-refractivity contribution is 7.10. The van der Waals surface area contributed by atoms with Gasteiger partial charge in [0.05, 0.1) is 23.9 Å². The summed E-state index contributed by atoms with van der Waals surface area (Å²) in [6.45, 7) is 2.91. The van der Waals surface area contributed by atoms with Crippen molar-refractivity contribution in [1.82, 2.24) is 19.2 Å². The van der Waals surface area contributed by atoms with Gasteiger partial charge in [-0.3, -0.25) is 18.9 Å². The van der Waals surface area contributed by atoms with Crippen molar-refractivity contribution in [3.8, 4) is 0 Å². The zero-order valence-corrected chi connectivity index (χ0v) is 21.1. The van der Waals surface area contributed by atoms with Crippen LogP contribution in [0.4, 0.5) is 18.9 Å². The Labute approximate surface area is 220 Å². The molecular formula is C27H24F3N5O2S. The number of aromatic nitrogens is 2. The largest absolute Gasteiger partial charge is 0.416 e. The van der Waals surface area contributed by atoms with Crippen LogP contribution >= 0.6 is 11.3 Å². The molecule has 1 aromatic carbocycles. The first-order valence-electron chi connectivity index (χ1n) is 12.3. The molecule has 11 heteroatoms. The smallest absolute Gasteiger partial charge is 0.332 e. The maximum Gasteiger partial charge on any atom is 0.416 e. The van der Waals surface area contributed by atoms with Gasteiger partial charge in [-0.15, -0.1) is 11.3 Å². The lowest BCUT2D eigenvalue weighted by Gasteiger charge is -2.31. The third-order valence-corrected chi connectivity index (χ3v) is 8.06. The van der Waals surface area contributed by atoms with Gasteiger partial charge in [0.25, 0.3) is 11.8 Å². The number of amides is 2. The van der Waals surface area contributed by atoms with Crippen molar-refractivity contribution < 1.29 is 22.8 Å². The average molecular weight is 540 g/mol. The van der Waals surface area contributed by atoms with Gasteiger partial charge in [-0.1, -0.05) is 6.07 Å². The molecule has 0 radical (unpaired) electrons. The summed E-state index contributed by atoms with van der Waals surface area (Å²) in [5, 5.41) is 4.41. The predicted octanol–water partition coefficient (Wildman–Crippen LogP) is 5.07. The van der Waals surface area contributed by atoms with Crippen molar-refractivity contribution in [2.45, 2.75) is 32.1 Å². The summed E-state index contributed by atoms with van der Waals surface area (Å²) in [7, 11) is 0. The van der Waals surface area contributed by atoms with E-state index in [-0.39, 0.29) is 11.6 Å². The molecule has 6 rings (SSSR count). The number of halogens is 3. The molecule has 0 aliphatic carbocycles. The molecule has 2 aliphatic rings. The van der Waals surface area contributed by atoms with E-state index in [1.807, 2.05) is 18.2 Å². The van der Waals surface area contributed by atoms with Crippen LogP contribution in [0.25, 0.3) is 5.65 Å². The predicted molar refractivity (Wildman–Crippen MR) is 137 cm³/mol. The molecule has 196 valence electrons. The van der Waals surface area contributed by atoms with Gasteiger partial charge in [-0.05, 0) is 67.4 Å². The highest BCUT2D eigenvalue weighted by atomic mass is 32.1. The Kier molecular flexibility index (Phi) is 6.19. The lowest BCUT2D eigenvalue weighted by Crippen LogP contribution is -2.36. The van der Waals surface area contributed by atoms with Gasteiger partial charge < -0.3 is 10.2 Å². The highest BCUT2D eigenvalue weighted by Crippen LogP contribution is 2.34. The number of benzene rings is 1. The Balaban J connectivity index is 1.20. The van der Waals surface area contributed by atoms with Crippen LogP contribution in [0, 0.1) is 0 Å². The van der Waals surface area contributed by atoms with Gasteiger partial charge in [-0.25, -0.2) is 4.98 Å². The third-order valence-electron chi connectivity index (χ3n) is 7.05. The second kappa shape index (κ2) is 9.55. The normalized spacial score (nSPS) is 15.8. The van der Waals surface area contributed by atoms with Crippen LogP contribution in [0.3, 0.4) is 0 Å². The monoisotopic (exact) mass is 539 g/mol. The van der Waals surface area contributed by atoms with Crippen molar-refractivity contribution in [2.75, 3.05) is 25.0 Å². The first-order valence-corrected chi connectivity index (χ1v) is 13.2. The number of nitrogens with one attached hydrogen (secondary N) is 1. The summed E-state index contributed by atoms with van der Waals surface area (Å²) >= 11 is 1.38. The molecule has 7 nitrogen and oxygen atoms in total. The van der Waals surface area contributed by atoms with E-state index < -0.39 is 17.6 Å². The second-order valence-electron chi connectivity index (χ2n) is 9.60. The zero-order chi connectivity index (χ0) is 26.4. The van der Waals surface area contributed by atoms with E-state index >= 15 is 0 Å². The van der Waals surface area contributed by atoms with Gasteiger partial charge in [-0.2, -0.15) is 13.2 Å². The minimum absolute atomic E-state index is 0.125. The fourth-order valence-electron chi connectivity index (χ4n) is 4.96. The Morgan fingerprint density at radius 2 is 1.95 bits per heavy atom. The van der Waals surface area contributed by atoms with Gasteiger partial charge in [0.15, 0.2) is 0 Å². The molecule has 0 atom stereocenters. The maximum absolute atomic E-state index is 13.5. The third kappa shape index (κ3) is 4.67. The average Bonchev–Trinajstić information content (AvgIpc) is 3.49. The van der Waals surface area contributed by atoms with E-state index in [9.17, 15) is 22.8 Å². The first kappa shape index (κ1) is 24.6. The summed E-state index contributed by atoms with van der Waals surface area (Å²) in [6.07, 6.45) is 0.358. The van der Waals surface area contributed by atoms with Crippen molar-refractivity contribution in [3.05, 3.63) is 87.0 Å². The number of hydrogen-bond acceptors (Lipinski definition) is 5. The molecule has 38 heavy (non-hydrogen) atoms. The van der Waals surface area contributed by atoms with Crippen LogP contribution in [0.2, 0.25) is 0 Å². The lowest BCUT2D eigenvalue weighted by molar-refractivity contribution is -0.137. The Bertz CT molecular complexity index is 1540. The van der Waals surface area contributed by atoms with E-state index in [4.69, 9.17) is 0 Å². The number of anilines is 1. The second-order valence-corrected chi connectivity index (χ2v) is 10.6. The van der Waals surface area contributed by atoms with Gasteiger partial charge in [0.2, 0.25) is 0 Å². The van der Waals surface area contributed by atoms with E-state index in [1.54, 1.807) is 33.1 Å². The fourth-order valence-corrected chi connectivity index (χ4v) is 6.05. The van der Waals surface area contributed by atoms with Crippen LogP contribution < -0.4 is 5.32 Å². The van der Waals surface area contributed by atoms with E-state index in [2.05, 4.69) is 15.2 Å². The molecule has 1 saturated heterocycles. The molecule has 1 N–H and O–H groups in total. The number of nitrogens with zero attached hydrogens (tertiary/aromatic N) is 4. The Hall–Kier alpha value is -3.70. The SMILES string of the molecule is O=C(Nc1cc(CN2CCC2)cc(C(F)(F)F)c1)c1csc2c1CCN(C(=O)c1cnc3ccccn13)C2. The molecule has 2 amide bonds. The topological polar surface area (TPSA) is 70.0 Å². The number of rotatable bonds is 5. The summed E-state index contributed by atoms with van der Waals surface area (Å²) in [4.78, 5) is 35.4. The molecule has 0 unspecified atom stereocenters. The molecule has 0 saturated carbocycles. The van der Waals surface area contributed by atoms with Gasteiger partial charge in [0.1, 0.15) is 11.3 Å². The minimum Gasteiger partial charge on any atom is -0.332 e. The summed E-state index contributed by atoms with van der Waals surface area (Å²) < 4.78 is 42.4. The quantitative estimate of drug-likeness (QED) is 0.385. The van der Waals surface area contributed by atoms with E-state index in [1.165, 1.54) is 11.3 Å². The van der Waals surface area contributed by atoms with Crippen molar-refractivity contribution in [2.24, 2.45) is 0 Å². The number of carbonyl (C=O) groups is 2. The lowest BCUT2D eigenvalue weighted by atomic mass is 10.0. The van der Waals surface area contributed by atoms with E-state index in [0.29, 0.717) is 48.5 Å². The molecule has 4 aromatic rings. The molecule has 0 spiro atoms. The standard InChI is InChI=1S/C27H24F3N5O2S/c28-27(29,30)18-10-17(14-33-6-3-7-33)11-19(12-18)32-25(36)21-16-38-23-15-34(9-5-20(21)23)26(37)22-13-31-24-4-1-2-8-35(22)24/h1-2,4,8,10-13,16H,3,5-7,9,14-15H2,(H,32,36). The summed E-state index contributed by atoms with van der Waals surface area (Å²) in [5.74, 6) is -0.592. The highest BCUT2D eigenvalue weighted by Gasteiger charge is 2.32.